The molecule has 4 rings (SSSR count). The van der Waals surface area contributed by atoms with Crippen molar-refractivity contribution in [2.24, 2.45) is 5.92 Å². The molecule has 1 aliphatic carbocycles. The Bertz CT molecular complexity index is 1340. The largest absolute Gasteiger partial charge is 0.493 e. The summed E-state index contributed by atoms with van der Waals surface area (Å²) in [6.45, 7) is 3.99. The van der Waals surface area contributed by atoms with Crippen molar-refractivity contribution in [3.8, 4) is 5.75 Å². The van der Waals surface area contributed by atoms with E-state index in [4.69, 9.17) is 4.74 Å². The normalized spacial score (nSPS) is 17.6. The lowest BCUT2D eigenvalue weighted by Gasteiger charge is -2.20. The number of amides is 1. The highest BCUT2D eigenvalue weighted by atomic mass is 19.4. The van der Waals surface area contributed by atoms with Crippen LogP contribution < -0.4 is 10.1 Å². The molecule has 1 saturated carbocycles. The van der Waals surface area contributed by atoms with Crippen molar-refractivity contribution in [2.75, 3.05) is 11.9 Å². The van der Waals surface area contributed by atoms with E-state index in [0.29, 0.717) is 30.6 Å². The van der Waals surface area contributed by atoms with Crippen LogP contribution in [0.1, 0.15) is 66.0 Å². The monoisotopic (exact) mass is 533 g/mol. The van der Waals surface area contributed by atoms with E-state index in [2.05, 4.69) is 10.3 Å². The molecule has 3 aromatic rings. The summed E-state index contributed by atoms with van der Waals surface area (Å²) in [6.07, 6.45) is -2.08. The number of rotatable bonds is 10. The van der Waals surface area contributed by atoms with Gasteiger partial charge in [0.05, 0.1) is 23.8 Å². The Balaban J connectivity index is 1.57. The molecule has 7 nitrogen and oxygen atoms in total. The molecule has 0 saturated heterocycles. The van der Waals surface area contributed by atoms with E-state index in [9.17, 15) is 32.3 Å². The number of alkyl halides is 3. The summed E-state index contributed by atoms with van der Waals surface area (Å²) < 4.78 is 61.8. The van der Waals surface area contributed by atoms with Gasteiger partial charge in [0.15, 0.2) is 0 Å². The molecule has 2 aromatic heterocycles. The Labute approximate surface area is 216 Å². The molecule has 0 spiro atoms. The van der Waals surface area contributed by atoms with Crippen molar-refractivity contribution in [3.63, 3.8) is 0 Å². The van der Waals surface area contributed by atoms with Gasteiger partial charge in [-0.1, -0.05) is 13.0 Å². The maximum absolute atomic E-state index is 13.7. The topological polar surface area (TPSA) is 93.5 Å². The standard InChI is InChI=1S/C27H27F4N3O4/c1-3-15(2)34-17(9-11-38-18-8-10-32-24(28)13-18)5-7-23(34)25(35)33-22-12-16(19-14-20(19)26(36)37)4-6-21(22)27(29,30)31/h4-8,10,12-13,15,19-20H,3,9,11,14H2,1-2H3,(H,33,35)(H,36,37)/t15-,19-,20+/m0/s1. The Morgan fingerprint density at radius 3 is 2.61 bits per heavy atom. The van der Waals surface area contributed by atoms with Gasteiger partial charge in [0.1, 0.15) is 11.4 Å². The van der Waals surface area contributed by atoms with Crippen LogP contribution in [0.5, 0.6) is 5.75 Å². The van der Waals surface area contributed by atoms with E-state index in [1.165, 1.54) is 24.4 Å². The molecule has 3 atom stereocenters. The number of nitrogens with zero attached hydrogens (tertiary/aromatic N) is 2. The number of halogens is 4. The van der Waals surface area contributed by atoms with Crippen molar-refractivity contribution < 1.29 is 37.0 Å². The molecule has 0 aliphatic heterocycles. The van der Waals surface area contributed by atoms with Crippen LogP contribution in [0.25, 0.3) is 0 Å². The highest BCUT2D eigenvalue weighted by molar-refractivity contribution is 6.04. The third-order valence-corrected chi connectivity index (χ3v) is 6.72. The fraction of sp³-hybridized carbons (Fsp3) is 0.370. The maximum Gasteiger partial charge on any atom is 0.418 e. The second-order valence-electron chi connectivity index (χ2n) is 9.29. The first-order chi connectivity index (χ1) is 18.0. The maximum atomic E-state index is 13.7. The van der Waals surface area contributed by atoms with E-state index in [1.54, 1.807) is 16.7 Å². The molecule has 2 N–H and O–H groups in total. The highest BCUT2D eigenvalue weighted by Gasteiger charge is 2.45. The molecule has 202 valence electrons. The van der Waals surface area contributed by atoms with Crippen LogP contribution in [-0.2, 0) is 17.4 Å². The van der Waals surface area contributed by atoms with Gasteiger partial charge in [0.25, 0.3) is 5.91 Å². The average molecular weight is 534 g/mol. The molecule has 11 heteroatoms. The fourth-order valence-electron chi connectivity index (χ4n) is 4.50. The second kappa shape index (κ2) is 10.8. The molecule has 38 heavy (non-hydrogen) atoms. The molecule has 0 bridgehead atoms. The number of carboxylic acids is 1. The van der Waals surface area contributed by atoms with Gasteiger partial charge >= 0.3 is 12.1 Å². The van der Waals surface area contributed by atoms with Crippen molar-refractivity contribution in [1.82, 2.24) is 9.55 Å². The van der Waals surface area contributed by atoms with Crippen LogP contribution in [0.15, 0.2) is 48.7 Å². The van der Waals surface area contributed by atoms with E-state index in [-0.39, 0.29) is 18.3 Å². The lowest BCUT2D eigenvalue weighted by Crippen LogP contribution is -2.22. The predicted molar refractivity (Wildman–Crippen MR) is 131 cm³/mol. The summed E-state index contributed by atoms with van der Waals surface area (Å²) in [7, 11) is 0. The summed E-state index contributed by atoms with van der Waals surface area (Å²) in [5.41, 5.74) is -0.0910. The van der Waals surface area contributed by atoms with Crippen molar-refractivity contribution in [3.05, 3.63) is 77.1 Å². The third kappa shape index (κ3) is 5.98. The van der Waals surface area contributed by atoms with Crippen LogP contribution in [0.2, 0.25) is 0 Å². The molecule has 0 unspecified atom stereocenters. The smallest absolute Gasteiger partial charge is 0.418 e. The summed E-state index contributed by atoms with van der Waals surface area (Å²) in [5.74, 6) is -3.13. The van der Waals surface area contributed by atoms with Crippen LogP contribution in [0, 0.1) is 11.9 Å². The number of pyridine rings is 1. The van der Waals surface area contributed by atoms with E-state index < -0.39 is 47.1 Å². The number of aliphatic carboxylic acids is 1. The van der Waals surface area contributed by atoms with Gasteiger partial charge in [-0.2, -0.15) is 17.6 Å². The van der Waals surface area contributed by atoms with Crippen LogP contribution >= 0.6 is 0 Å². The number of nitrogens with one attached hydrogen (secondary N) is 1. The molecule has 0 radical (unpaired) electrons. The van der Waals surface area contributed by atoms with Gasteiger partial charge in [-0.3, -0.25) is 9.59 Å². The van der Waals surface area contributed by atoms with Crippen LogP contribution in [0.4, 0.5) is 23.2 Å². The van der Waals surface area contributed by atoms with Gasteiger partial charge in [-0.25, -0.2) is 4.98 Å². The quantitative estimate of drug-likeness (QED) is 0.244. The summed E-state index contributed by atoms with van der Waals surface area (Å²) in [5, 5.41) is 11.6. The fourth-order valence-corrected chi connectivity index (χ4v) is 4.50. The average Bonchev–Trinajstić information content (AvgIpc) is 3.56. The summed E-state index contributed by atoms with van der Waals surface area (Å²) in [4.78, 5) is 28.0. The van der Waals surface area contributed by atoms with Crippen molar-refractivity contribution >= 4 is 17.6 Å². The minimum Gasteiger partial charge on any atom is -0.493 e. The number of carbonyl (C=O) groups excluding carboxylic acids is 1. The number of carbonyl (C=O) groups is 2. The van der Waals surface area contributed by atoms with Crippen molar-refractivity contribution in [2.45, 2.75) is 51.2 Å². The lowest BCUT2D eigenvalue weighted by molar-refractivity contribution is -0.139. The zero-order chi connectivity index (χ0) is 27.6. The third-order valence-electron chi connectivity index (χ3n) is 6.72. The molecular formula is C27H27F4N3O4. The number of hydrogen-bond donors (Lipinski definition) is 2. The molecule has 1 aromatic carbocycles. The number of benzene rings is 1. The zero-order valence-electron chi connectivity index (χ0n) is 20.8. The van der Waals surface area contributed by atoms with Gasteiger partial charge in [-0.15, -0.1) is 0 Å². The molecule has 1 fully saturated rings. The Hall–Kier alpha value is -3.89. The van der Waals surface area contributed by atoms with Gasteiger partial charge < -0.3 is 19.7 Å². The zero-order valence-corrected chi connectivity index (χ0v) is 20.8. The summed E-state index contributed by atoms with van der Waals surface area (Å²) in [6, 6.07) is 9.13. The number of ether oxygens (including phenoxy) is 1. The number of aromatic nitrogens is 2. The first-order valence-electron chi connectivity index (χ1n) is 12.2. The SMILES string of the molecule is CC[C@H](C)n1c(CCOc2ccnc(F)c2)ccc1C(=O)Nc1cc([C@@H]2C[C@H]2C(=O)O)ccc1C(F)(F)F. The Morgan fingerprint density at radius 2 is 1.97 bits per heavy atom. The Kier molecular flexibility index (Phi) is 7.75. The van der Waals surface area contributed by atoms with E-state index in [1.807, 2.05) is 13.8 Å². The molecule has 1 amide bonds. The predicted octanol–water partition coefficient (Wildman–Crippen LogP) is 6.07. The number of carboxylic acid groups (broad SMARTS) is 1. The van der Waals surface area contributed by atoms with Crippen LogP contribution in [-0.4, -0.2) is 33.1 Å². The van der Waals surface area contributed by atoms with Crippen molar-refractivity contribution in [1.29, 1.82) is 0 Å². The molecule has 1 aliphatic rings. The number of anilines is 1. The minimum absolute atomic E-state index is 0.143. The van der Waals surface area contributed by atoms with Gasteiger partial charge in [0, 0.05) is 30.4 Å². The summed E-state index contributed by atoms with van der Waals surface area (Å²) >= 11 is 0. The molecule has 2 heterocycles. The first kappa shape index (κ1) is 27.2. The highest BCUT2D eigenvalue weighted by Crippen LogP contribution is 2.49. The Morgan fingerprint density at radius 1 is 1.21 bits per heavy atom. The lowest BCUT2D eigenvalue weighted by atomic mass is 10.0. The van der Waals surface area contributed by atoms with E-state index in [0.717, 1.165) is 17.8 Å². The molecular weight excluding hydrogens is 506 g/mol. The first-order valence-corrected chi connectivity index (χ1v) is 12.2. The van der Waals surface area contributed by atoms with Gasteiger partial charge in [-0.05, 0) is 61.6 Å². The van der Waals surface area contributed by atoms with Crippen LogP contribution in [0.3, 0.4) is 0 Å². The minimum atomic E-state index is -4.72. The van der Waals surface area contributed by atoms with Gasteiger partial charge in [0.2, 0.25) is 5.95 Å². The van der Waals surface area contributed by atoms with E-state index >= 15 is 0 Å². The second-order valence-corrected chi connectivity index (χ2v) is 9.29. The number of hydrogen-bond acceptors (Lipinski definition) is 4.